The number of rotatable bonds is 9. The Balaban J connectivity index is 1.68. The Labute approximate surface area is 235 Å². The number of amides is 2. The number of aliphatic hydroxyl groups is 2. The number of nitrogens with two attached hydrogens (primary N) is 1. The lowest BCUT2D eigenvalue weighted by Gasteiger charge is -2.44. The summed E-state index contributed by atoms with van der Waals surface area (Å²) in [5.74, 6) is -1.21. The third-order valence-corrected chi connectivity index (χ3v) is 8.58. The van der Waals surface area contributed by atoms with E-state index in [2.05, 4.69) is 5.32 Å². The van der Waals surface area contributed by atoms with E-state index in [4.69, 9.17) is 10.5 Å². The molecular weight excluding hydrogens is 513 g/mol. The van der Waals surface area contributed by atoms with Crippen molar-refractivity contribution in [3.8, 4) is 11.1 Å². The van der Waals surface area contributed by atoms with Crippen molar-refractivity contribution in [2.45, 2.75) is 69.6 Å². The molecule has 2 aliphatic rings. The van der Waals surface area contributed by atoms with Crippen molar-refractivity contribution in [1.82, 2.24) is 10.2 Å². The van der Waals surface area contributed by atoms with Crippen molar-refractivity contribution in [3.05, 3.63) is 59.4 Å². The topological polar surface area (TPSA) is 125 Å². The zero-order chi connectivity index (χ0) is 28.9. The minimum absolute atomic E-state index is 0.0582. The highest BCUT2D eigenvalue weighted by Crippen LogP contribution is 2.45. The molecule has 2 amide bonds. The number of benzene rings is 2. The zero-order valence-electron chi connectivity index (χ0n) is 23.4. The molecule has 8 nitrogen and oxygen atoms in total. The van der Waals surface area contributed by atoms with Gasteiger partial charge < -0.3 is 30.9 Å². The highest BCUT2D eigenvalue weighted by atomic mass is 19.1. The Morgan fingerprint density at radius 3 is 2.70 bits per heavy atom. The van der Waals surface area contributed by atoms with Gasteiger partial charge in [-0.25, -0.2) is 9.18 Å². The van der Waals surface area contributed by atoms with E-state index in [1.54, 1.807) is 17.0 Å². The van der Waals surface area contributed by atoms with Crippen LogP contribution in [0.25, 0.3) is 11.1 Å². The van der Waals surface area contributed by atoms with Gasteiger partial charge in [-0.15, -0.1) is 0 Å². The van der Waals surface area contributed by atoms with E-state index in [0.29, 0.717) is 61.9 Å². The van der Waals surface area contributed by atoms with Crippen LogP contribution >= 0.6 is 0 Å². The molecule has 9 heteroatoms. The van der Waals surface area contributed by atoms with Crippen LogP contribution in [0.15, 0.2) is 42.5 Å². The first-order chi connectivity index (χ1) is 19.2. The standard InChI is InChI=1S/C31H42FN3O5/c1-3-20-8-4-9-21(16-20)28-24(11-5-12-25(28)32)31(39,13-7-15-40-30(38)34-2)23-10-6-14-35(19-23)29(37)22-17-26(33)27(36)18-22/h4-5,8-9,11-12,16,22-23,26-27,36,39H,3,6-7,10,13-15,17-19,33H2,1-2H3,(H,34,38)/t22-,23+,26+,27-,31?/m0/s1. The molecule has 2 aromatic rings. The van der Waals surface area contributed by atoms with Crippen LogP contribution in [-0.2, 0) is 21.6 Å². The Kier molecular flexibility index (Phi) is 9.81. The van der Waals surface area contributed by atoms with E-state index in [1.807, 2.05) is 31.2 Å². The van der Waals surface area contributed by atoms with Gasteiger partial charge in [-0.05, 0) is 67.7 Å². The largest absolute Gasteiger partial charge is 0.450 e. The highest BCUT2D eigenvalue weighted by molar-refractivity contribution is 5.79. The fourth-order valence-electron chi connectivity index (χ4n) is 6.34. The summed E-state index contributed by atoms with van der Waals surface area (Å²) in [5, 5.41) is 25.1. The van der Waals surface area contributed by atoms with Crippen LogP contribution in [0.4, 0.5) is 9.18 Å². The number of nitrogens with zero attached hydrogens (tertiary/aromatic N) is 1. The lowest BCUT2D eigenvalue weighted by atomic mass is 9.72. The van der Waals surface area contributed by atoms with Gasteiger partial charge in [0.1, 0.15) is 5.82 Å². The predicted octanol–water partition coefficient (Wildman–Crippen LogP) is 3.72. The van der Waals surface area contributed by atoms with E-state index >= 15 is 4.39 Å². The molecule has 1 unspecified atom stereocenters. The molecular formula is C31H42FN3O5. The first-order valence-electron chi connectivity index (χ1n) is 14.4. The van der Waals surface area contributed by atoms with Crippen molar-refractivity contribution in [2.75, 3.05) is 26.7 Å². The maximum atomic E-state index is 15.6. The Bertz CT molecular complexity index is 1180. The number of piperidine rings is 1. The summed E-state index contributed by atoms with van der Waals surface area (Å²) in [4.78, 5) is 26.8. The summed E-state index contributed by atoms with van der Waals surface area (Å²) in [6, 6.07) is 12.0. The van der Waals surface area contributed by atoms with E-state index in [-0.39, 0.29) is 30.8 Å². The van der Waals surface area contributed by atoms with Crippen molar-refractivity contribution in [2.24, 2.45) is 17.6 Å². The summed E-state index contributed by atoms with van der Waals surface area (Å²) >= 11 is 0. The summed E-state index contributed by atoms with van der Waals surface area (Å²) in [5.41, 5.74) is 7.05. The minimum atomic E-state index is -1.49. The van der Waals surface area contributed by atoms with Crippen molar-refractivity contribution in [1.29, 1.82) is 0 Å². The van der Waals surface area contributed by atoms with Crippen LogP contribution in [0.1, 0.15) is 56.6 Å². The number of halogens is 1. The fourth-order valence-corrected chi connectivity index (χ4v) is 6.34. The van der Waals surface area contributed by atoms with Gasteiger partial charge in [0.25, 0.3) is 0 Å². The van der Waals surface area contributed by atoms with Gasteiger partial charge in [0.05, 0.1) is 18.3 Å². The molecule has 2 aromatic carbocycles. The van der Waals surface area contributed by atoms with Gasteiger partial charge in [-0.2, -0.15) is 0 Å². The molecule has 1 aliphatic carbocycles. The monoisotopic (exact) mass is 555 g/mol. The van der Waals surface area contributed by atoms with Gasteiger partial charge in [0.2, 0.25) is 5.91 Å². The number of carbonyl (C=O) groups excluding carboxylic acids is 2. The molecule has 2 fully saturated rings. The molecule has 218 valence electrons. The number of alkyl carbamates (subject to hydrolysis) is 1. The Morgan fingerprint density at radius 2 is 2.00 bits per heavy atom. The number of aliphatic hydroxyl groups excluding tert-OH is 1. The van der Waals surface area contributed by atoms with Crippen LogP contribution in [0.5, 0.6) is 0 Å². The molecule has 5 atom stereocenters. The van der Waals surface area contributed by atoms with E-state index in [9.17, 15) is 19.8 Å². The fraction of sp³-hybridized carbons (Fsp3) is 0.548. The SMILES string of the molecule is CCc1cccc(-c2c(F)cccc2C(O)(CCCOC(=O)NC)[C@@H]2CCCN(C(=O)[C@H]3C[C@@H](N)[C@@H](O)C3)C2)c1. The van der Waals surface area contributed by atoms with Gasteiger partial charge >= 0.3 is 6.09 Å². The summed E-state index contributed by atoms with van der Waals surface area (Å²) in [6.45, 7) is 2.99. The van der Waals surface area contributed by atoms with E-state index in [1.165, 1.54) is 13.1 Å². The number of nitrogens with one attached hydrogen (secondary N) is 1. The normalized spacial score (nSPS) is 24.4. The number of hydrogen-bond acceptors (Lipinski definition) is 6. The van der Waals surface area contributed by atoms with Crippen LogP contribution in [0.3, 0.4) is 0 Å². The molecule has 1 saturated heterocycles. The third-order valence-electron chi connectivity index (χ3n) is 8.58. The summed E-state index contributed by atoms with van der Waals surface area (Å²) < 4.78 is 20.8. The smallest absolute Gasteiger partial charge is 0.406 e. The molecule has 40 heavy (non-hydrogen) atoms. The number of aryl methyl sites for hydroxylation is 1. The quantitative estimate of drug-likeness (QED) is 0.350. The number of carbonyl (C=O) groups is 2. The Hall–Kier alpha value is -3.01. The highest BCUT2D eigenvalue weighted by Gasteiger charge is 2.45. The van der Waals surface area contributed by atoms with E-state index < -0.39 is 29.7 Å². The molecule has 5 N–H and O–H groups in total. The van der Waals surface area contributed by atoms with Crippen molar-refractivity contribution in [3.63, 3.8) is 0 Å². The van der Waals surface area contributed by atoms with Gasteiger partial charge in [0, 0.05) is 43.6 Å². The maximum Gasteiger partial charge on any atom is 0.406 e. The molecule has 4 rings (SSSR count). The zero-order valence-corrected chi connectivity index (χ0v) is 23.4. The number of likely N-dealkylation sites (tertiary alicyclic amines) is 1. The Morgan fingerprint density at radius 1 is 1.23 bits per heavy atom. The lowest BCUT2D eigenvalue weighted by molar-refractivity contribution is -0.141. The van der Waals surface area contributed by atoms with Gasteiger partial charge in [0.15, 0.2) is 0 Å². The molecule has 0 radical (unpaired) electrons. The number of ether oxygens (including phenoxy) is 1. The predicted molar refractivity (Wildman–Crippen MR) is 151 cm³/mol. The molecule has 0 bridgehead atoms. The van der Waals surface area contributed by atoms with Crippen molar-refractivity contribution < 1.29 is 28.9 Å². The molecule has 0 aromatic heterocycles. The average molecular weight is 556 g/mol. The van der Waals surface area contributed by atoms with Gasteiger partial charge in [-0.1, -0.05) is 43.3 Å². The van der Waals surface area contributed by atoms with Crippen LogP contribution in [-0.4, -0.2) is 66.0 Å². The maximum absolute atomic E-state index is 15.6. The second-order valence-electron chi connectivity index (χ2n) is 11.2. The number of hydrogen-bond donors (Lipinski definition) is 4. The third kappa shape index (κ3) is 6.48. The lowest BCUT2D eigenvalue weighted by Crippen LogP contribution is -2.49. The first kappa shape index (κ1) is 30.0. The average Bonchev–Trinajstić information content (AvgIpc) is 3.32. The first-order valence-corrected chi connectivity index (χ1v) is 14.4. The van der Waals surface area contributed by atoms with Crippen LogP contribution in [0, 0.1) is 17.7 Å². The second-order valence-corrected chi connectivity index (χ2v) is 11.2. The summed E-state index contributed by atoms with van der Waals surface area (Å²) in [7, 11) is 1.48. The van der Waals surface area contributed by atoms with E-state index in [0.717, 1.165) is 12.0 Å². The van der Waals surface area contributed by atoms with Crippen LogP contribution < -0.4 is 11.1 Å². The van der Waals surface area contributed by atoms with Crippen molar-refractivity contribution >= 4 is 12.0 Å². The van der Waals surface area contributed by atoms with Crippen LogP contribution in [0.2, 0.25) is 0 Å². The molecule has 1 heterocycles. The molecule has 1 aliphatic heterocycles. The molecule has 0 spiro atoms. The second kappa shape index (κ2) is 13.1. The molecule has 1 saturated carbocycles. The minimum Gasteiger partial charge on any atom is -0.450 e. The van der Waals surface area contributed by atoms with Gasteiger partial charge in [-0.3, -0.25) is 4.79 Å². The summed E-state index contributed by atoms with van der Waals surface area (Å²) in [6.07, 6.45) is 2.21.